The summed E-state index contributed by atoms with van der Waals surface area (Å²) in [6.45, 7) is 7.12. The van der Waals surface area contributed by atoms with Gasteiger partial charge in [-0.1, -0.05) is 6.07 Å². The van der Waals surface area contributed by atoms with Crippen LogP contribution in [0.5, 0.6) is 0 Å². The first-order valence-corrected chi connectivity index (χ1v) is 7.25. The third kappa shape index (κ3) is 3.45. The van der Waals surface area contributed by atoms with Crippen molar-refractivity contribution in [1.29, 1.82) is 0 Å². The minimum absolute atomic E-state index is 0.327. The van der Waals surface area contributed by atoms with Crippen LogP contribution in [0.4, 0.5) is 5.82 Å². The number of hydrogen-bond acceptors (Lipinski definition) is 4. The van der Waals surface area contributed by atoms with Crippen molar-refractivity contribution in [2.24, 2.45) is 0 Å². The van der Waals surface area contributed by atoms with Gasteiger partial charge in [-0.05, 0) is 39.8 Å². The molecule has 0 bridgehead atoms. The molecule has 2 heterocycles. The van der Waals surface area contributed by atoms with Crippen LogP contribution in [0, 0.1) is 0 Å². The smallest absolute Gasteiger partial charge is 0.133 e. The molecule has 19 heavy (non-hydrogen) atoms. The molecule has 1 aromatic heterocycles. The van der Waals surface area contributed by atoms with Crippen molar-refractivity contribution in [2.75, 3.05) is 31.6 Å². The molecular weight excluding hydrogens is 238 g/mol. The Hall–Kier alpha value is -1.13. The van der Waals surface area contributed by atoms with Gasteiger partial charge in [-0.2, -0.15) is 0 Å². The number of anilines is 1. The summed E-state index contributed by atoms with van der Waals surface area (Å²) in [5.41, 5.74) is 1.28. The maximum atomic E-state index is 5.71. The molecule has 0 amide bonds. The molecule has 0 radical (unpaired) electrons. The van der Waals surface area contributed by atoms with Crippen molar-refractivity contribution >= 4 is 5.82 Å². The van der Waals surface area contributed by atoms with Gasteiger partial charge in [0.05, 0.1) is 6.10 Å². The van der Waals surface area contributed by atoms with Crippen molar-refractivity contribution < 1.29 is 4.74 Å². The van der Waals surface area contributed by atoms with E-state index in [2.05, 4.69) is 35.1 Å². The normalized spacial score (nSPS) is 18.6. The van der Waals surface area contributed by atoms with Gasteiger partial charge >= 0.3 is 0 Å². The monoisotopic (exact) mass is 263 g/mol. The van der Waals surface area contributed by atoms with Crippen molar-refractivity contribution in [3.63, 3.8) is 0 Å². The molecule has 106 valence electrons. The summed E-state index contributed by atoms with van der Waals surface area (Å²) in [6, 6.07) is 4.51. The molecule has 1 N–H and O–H groups in total. The second kappa shape index (κ2) is 6.87. The lowest BCUT2D eigenvalue weighted by Crippen LogP contribution is -2.38. The third-order valence-electron chi connectivity index (χ3n) is 3.86. The molecule has 2 rings (SSSR count). The Morgan fingerprint density at radius 3 is 2.84 bits per heavy atom. The summed E-state index contributed by atoms with van der Waals surface area (Å²) < 4.78 is 5.71. The van der Waals surface area contributed by atoms with Gasteiger partial charge in [0, 0.05) is 37.5 Å². The van der Waals surface area contributed by atoms with E-state index in [4.69, 9.17) is 4.74 Å². The highest BCUT2D eigenvalue weighted by atomic mass is 16.5. The molecule has 1 unspecified atom stereocenters. The first kappa shape index (κ1) is 14.3. The molecular formula is C15H25N3O. The fourth-order valence-electron chi connectivity index (χ4n) is 2.64. The van der Waals surface area contributed by atoms with E-state index in [1.807, 2.05) is 19.3 Å². The molecule has 4 nitrogen and oxygen atoms in total. The average molecular weight is 263 g/mol. The predicted molar refractivity (Wildman–Crippen MR) is 78.6 cm³/mol. The highest BCUT2D eigenvalue weighted by molar-refractivity contribution is 5.48. The fourth-order valence-corrected chi connectivity index (χ4v) is 2.64. The largest absolute Gasteiger partial charge is 0.378 e. The summed E-state index contributed by atoms with van der Waals surface area (Å²) in [5.74, 6) is 1.12. The number of hydrogen-bond donors (Lipinski definition) is 1. The van der Waals surface area contributed by atoms with Crippen molar-refractivity contribution in [3.8, 4) is 0 Å². The fraction of sp³-hybridized carbons (Fsp3) is 0.667. The van der Waals surface area contributed by atoms with E-state index in [0.717, 1.165) is 38.4 Å². The minimum Gasteiger partial charge on any atom is -0.378 e. The Morgan fingerprint density at radius 2 is 2.21 bits per heavy atom. The van der Waals surface area contributed by atoms with E-state index in [9.17, 15) is 0 Å². The second-order valence-corrected chi connectivity index (χ2v) is 5.07. The number of nitrogens with one attached hydrogen (secondary N) is 1. The van der Waals surface area contributed by atoms with E-state index < -0.39 is 0 Å². The molecule has 0 spiro atoms. The maximum absolute atomic E-state index is 5.71. The van der Waals surface area contributed by atoms with Gasteiger partial charge in [-0.3, -0.25) is 0 Å². The van der Waals surface area contributed by atoms with Crippen LogP contribution in [0.25, 0.3) is 0 Å². The number of aromatic nitrogens is 1. The van der Waals surface area contributed by atoms with Crippen molar-refractivity contribution in [3.05, 3.63) is 23.9 Å². The number of ether oxygens (including phenoxy) is 1. The quantitative estimate of drug-likeness (QED) is 0.885. The molecule has 1 aliphatic heterocycles. The Bertz CT molecular complexity index is 389. The van der Waals surface area contributed by atoms with Crippen LogP contribution in [0.15, 0.2) is 18.3 Å². The van der Waals surface area contributed by atoms with Crippen LogP contribution in [-0.4, -0.2) is 37.8 Å². The van der Waals surface area contributed by atoms with Gasteiger partial charge in [0.25, 0.3) is 0 Å². The Balaban J connectivity index is 2.07. The summed E-state index contributed by atoms with van der Waals surface area (Å²) >= 11 is 0. The molecule has 1 atom stereocenters. The highest BCUT2D eigenvalue weighted by Crippen LogP contribution is 2.26. The predicted octanol–water partition coefficient (Wildman–Crippen LogP) is 2.37. The molecule has 1 saturated heterocycles. The van der Waals surface area contributed by atoms with E-state index in [0.29, 0.717) is 12.1 Å². The lowest BCUT2D eigenvalue weighted by Gasteiger charge is -2.34. The molecule has 0 aliphatic carbocycles. The lowest BCUT2D eigenvalue weighted by molar-refractivity contribution is 0.0458. The van der Waals surface area contributed by atoms with Crippen molar-refractivity contribution in [1.82, 2.24) is 10.3 Å². The molecule has 1 aliphatic rings. The van der Waals surface area contributed by atoms with E-state index in [1.54, 1.807) is 0 Å². The van der Waals surface area contributed by atoms with Gasteiger partial charge in [-0.25, -0.2) is 4.98 Å². The van der Waals surface area contributed by atoms with E-state index >= 15 is 0 Å². The van der Waals surface area contributed by atoms with Gasteiger partial charge < -0.3 is 15.0 Å². The maximum Gasteiger partial charge on any atom is 0.133 e. The van der Waals surface area contributed by atoms with Crippen LogP contribution in [0.1, 0.15) is 38.3 Å². The minimum atomic E-state index is 0.327. The molecule has 0 saturated carbocycles. The van der Waals surface area contributed by atoms with E-state index in [-0.39, 0.29) is 0 Å². The van der Waals surface area contributed by atoms with Crippen molar-refractivity contribution in [2.45, 2.75) is 38.8 Å². The van der Waals surface area contributed by atoms with Crippen LogP contribution < -0.4 is 10.2 Å². The summed E-state index contributed by atoms with van der Waals surface area (Å²) in [4.78, 5) is 6.98. The SMILES string of the molecule is CCOC1CCN(c2ncccc2C(C)NC)CC1. The van der Waals surface area contributed by atoms with Gasteiger partial charge in [-0.15, -0.1) is 0 Å². The zero-order valence-electron chi connectivity index (χ0n) is 12.2. The molecule has 4 heteroatoms. The number of piperidine rings is 1. The van der Waals surface area contributed by atoms with E-state index in [1.165, 1.54) is 5.56 Å². The molecule has 0 aromatic carbocycles. The third-order valence-corrected chi connectivity index (χ3v) is 3.86. The van der Waals surface area contributed by atoms with Crippen LogP contribution in [0.2, 0.25) is 0 Å². The first-order chi connectivity index (χ1) is 9.26. The summed E-state index contributed by atoms with van der Waals surface area (Å²) in [6.07, 6.45) is 4.50. The van der Waals surface area contributed by atoms with Crippen LogP contribution in [-0.2, 0) is 4.74 Å². The van der Waals surface area contributed by atoms with Crippen LogP contribution >= 0.6 is 0 Å². The topological polar surface area (TPSA) is 37.4 Å². The van der Waals surface area contributed by atoms with Gasteiger partial charge in [0.15, 0.2) is 0 Å². The number of rotatable bonds is 5. The Kier molecular flexibility index (Phi) is 5.16. The van der Waals surface area contributed by atoms with Gasteiger partial charge in [0.1, 0.15) is 5.82 Å². The summed E-state index contributed by atoms with van der Waals surface area (Å²) in [5, 5.41) is 3.30. The van der Waals surface area contributed by atoms with Gasteiger partial charge in [0.2, 0.25) is 0 Å². The summed E-state index contributed by atoms with van der Waals surface area (Å²) in [7, 11) is 1.99. The first-order valence-electron chi connectivity index (χ1n) is 7.25. The standard InChI is InChI=1S/C15H25N3O/c1-4-19-13-7-10-18(11-8-13)15-14(12(2)16-3)6-5-9-17-15/h5-6,9,12-13,16H,4,7-8,10-11H2,1-3H3. The lowest BCUT2D eigenvalue weighted by atomic mass is 10.0. The number of pyridine rings is 1. The Labute approximate surface area is 116 Å². The number of nitrogens with zero attached hydrogens (tertiary/aromatic N) is 2. The highest BCUT2D eigenvalue weighted by Gasteiger charge is 2.22. The second-order valence-electron chi connectivity index (χ2n) is 5.07. The average Bonchev–Trinajstić information content (AvgIpc) is 2.47. The zero-order valence-corrected chi connectivity index (χ0v) is 12.2. The van der Waals surface area contributed by atoms with Crippen LogP contribution in [0.3, 0.4) is 0 Å². The Morgan fingerprint density at radius 1 is 1.47 bits per heavy atom. The molecule has 1 aromatic rings. The molecule has 1 fully saturated rings. The zero-order chi connectivity index (χ0) is 13.7.